The van der Waals surface area contributed by atoms with Crippen LogP contribution in [0.5, 0.6) is 0 Å². The Hall–Kier alpha value is -2.40. The molecule has 0 saturated carbocycles. The number of piperazine rings is 1. The van der Waals surface area contributed by atoms with E-state index in [1.165, 1.54) is 0 Å². The van der Waals surface area contributed by atoms with Crippen molar-refractivity contribution in [3.05, 3.63) is 52.0 Å². The number of nitriles is 1. The minimum Gasteiger partial charge on any atom is -0.429 e. The van der Waals surface area contributed by atoms with E-state index in [0.29, 0.717) is 27.7 Å². The molecule has 1 saturated heterocycles. The van der Waals surface area contributed by atoms with E-state index in [-0.39, 0.29) is 0 Å². The quantitative estimate of drug-likeness (QED) is 0.641. The molecule has 0 bridgehead atoms. The highest BCUT2D eigenvalue weighted by molar-refractivity contribution is 7.71. The second-order valence-corrected chi connectivity index (χ2v) is 6.95. The lowest BCUT2D eigenvalue weighted by Gasteiger charge is -2.35. The Balaban J connectivity index is 1.47. The highest BCUT2D eigenvalue weighted by Gasteiger charge is 2.20. The first-order valence-corrected chi connectivity index (χ1v) is 9.05. The Kier molecular flexibility index (Phi) is 4.64. The molecule has 0 amide bonds. The molecule has 26 heavy (non-hydrogen) atoms. The fourth-order valence-electron chi connectivity index (χ4n) is 3.15. The SMILES string of the molecule is N#Cc1ccnc(N2CCN(Cn3c(=S)oc4cc(Cl)ccc43)CC2)c1. The number of aromatic nitrogens is 2. The van der Waals surface area contributed by atoms with Crippen molar-refractivity contribution in [2.75, 3.05) is 31.1 Å². The second-order valence-electron chi connectivity index (χ2n) is 6.17. The first kappa shape index (κ1) is 17.0. The maximum atomic E-state index is 9.04. The van der Waals surface area contributed by atoms with Gasteiger partial charge in [0, 0.05) is 43.5 Å². The van der Waals surface area contributed by atoms with E-state index in [1.807, 2.05) is 22.8 Å². The Morgan fingerprint density at radius 2 is 2.00 bits per heavy atom. The summed E-state index contributed by atoms with van der Waals surface area (Å²) < 4.78 is 7.64. The van der Waals surface area contributed by atoms with Gasteiger partial charge in [-0.3, -0.25) is 9.47 Å². The smallest absolute Gasteiger partial charge is 0.270 e. The van der Waals surface area contributed by atoms with Crippen LogP contribution in [0.4, 0.5) is 5.82 Å². The van der Waals surface area contributed by atoms with Crippen molar-refractivity contribution in [2.45, 2.75) is 6.67 Å². The number of oxazole rings is 1. The molecule has 0 N–H and O–H groups in total. The molecule has 132 valence electrons. The van der Waals surface area contributed by atoms with Crippen LogP contribution in [0.2, 0.25) is 5.02 Å². The number of anilines is 1. The minimum atomic E-state index is 0.452. The van der Waals surface area contributed by atoms with Crippen molar-refractivity contribution in [3.63, 3.8) is 0 Å². The molecular weight excluding hydrogens is 370 g/mol. The zero-order valence-corrected chi connectivity index (χ0v) is 15.5. The van der Waals surface area contributed by atoms with Crippen molar-refractivity contribution in [3.8, 4) is 6.07 Å². The van der Waals surface area contributed by atoms with Gasteiger partial charge < -0.3 is 9.32 Å². The number of pyridine rings is 1. The van der Waals surface area contributed by atoms with E-state index >= 15 is 0 Å². The van der Waals surface area contributed by atoms with E-state index in [4.69, 9.17) is 33.5 Å². The first-order valence-electron chi connectivity index (χ1n) is 8.26. The zero-order chi connectivity index (χ0) is 18.1. The molecule has 1 aliphatic heterocycles. The molecule has 1 aliphatic rings. The number of hydrogen-bond acceptors (Lipinski definition) is 6. The summed E-state index contributed by atoms with van der Waals surface area (Å²) in [6.45, 7) is 4.11. The Morgan fingerprint density at radius 3 is 2.77 bits per heavy atom. The van der Waals surface area contributed by atoms with Crippen molar-refractivity contribution in [2.24, 2.45) is 0 Å². The maximum Gasteiger partial charge on any atom is 0.270 e. The summed E-state index contributed by atoms with van der Waals surface area (Å²) >= 11 is 11.4. The summed E-state index contributed by atoms with van der Waals surface area (Å²) in [5, 5.41) is 9.67. The summed E-state index contributed by atoms with van der Waals surface area (Å²) in [7, 11) is 0. The second kappa shape index (κ2) is 7.08. The predicted molar refractivity (Wildman–Crippen MR) is 103 cm³/mol. The largest absolute Gasteiger partial charge is 0.429 e. The van der Waals surface area contributed by atoms with Crippen LogP contribution in [0.25, 0.3) is 11.1 Å². The third kappa shape index (κ3) is 3.31. The van der Waals surface area contributed by atoms with Gasteiger partial charge >= 0.3 is 0 Å². The highest BCUT2D eigenvalue weighted by Crippen LogP contribution is 2.23. The number of nitrogens with zero attached hydrogens (tertiary/aromatic N) is 5. The molecule has 0 atom stereocenters. The molecule has 0 aliphatic carbocycles. The van der Waals surface area contributed by atoms with Crippen molar-refractivity contribution in [1.82, 2.24) is 14.5 Å². The van der Waals surface area contributed by atoms with Gasteiger partial charge in [0.1, 0.15) is 5.82 Å². The van der Waals surface area contributed by atoms with Crippen LogP contribution < -0.4 is 4.90 Å². The number of benzene rings is 1. The van der Waals surface area contributed by atoms with Crippen LogP contribution in [0.15, 0.2) is 40.9 Å². The maximum absolute atomic E-state index is 9.04. The monoisotopic (exact) mass is 385 g/mol. The van der Waals surface area contributed by atoms with Crippen LogP contribution in [-0.2, 0) is 6.67 Å². The molecule has 8 heteroatoms. The molecule has 6 nitrogen and oxygen atoms in total. The fourth-order valence-corrected chi connectivity index (χ4v) is 3.56. The lowest BCUT2D eigenvalue weighted by atomic mass is 10.2. The van der Waals surface area contributed by atoms with Crippen molar-refractivity contribution >= 4 is 40.7 Å². The van der Waals surface area contributed by atoms with E-state index in [0.717, 1.165) is 37.5 Å². The number of hydrogen-bond donors (Lipinski definition) is 0. The summed E-state index contributed by atoms with van der Waals surface area (Å²) in [4.78, 5) is 9.36. The van der Waals surface area contributed by atoms with Crippen LogP contribution in [0.3, 0.4) is 0 Å². The number of fused-ring (bicyclic) bond motifs is 1. The van der Waals surface area contributed by atoms with Gasteiger partial charge in [-0.25, -0.2) is 4.98 Å². The standard InChI is InChI=1S/C18H16ClN5OS/c19-14-1-2-15-16(10-14)25-18(26)24(15)12-22-5-7-23(8-6-22)17-9-13(11-20)3-4-21-17/h1-4,9-10H,5-8,12H2. The Bertz CT molecular complexity index is 1050. The molecule has 3 aromatic rings. The number of rotatable bonds is 3. The van der Waals surface area contributed by atoms with Gasteiger partial charge in [-0.1, -0.05) is 11.6 Å². The van der Waals surface area contributed by atoms with Gasteiger partial charge in [0.05, 0.1) is 23.8 Å². The van der Waals surface area contributed by atoms with Crippen LogP contribution >= 0.6 is 23.8 Å². The van der Waals surface area contributed by atoms with Gasteiger partial charge in [-0.05, 0) is 36.5 Å². The predicted octanol–water partition coefficient (Wildman–Crippen LogP) is 3.66. The van der Waals surface area contributed by atoms with Gasteiger partial charge in [0.25, 0.3) is 4.84 Å². The molecular formula is C18H16ClN5OS. The molecule has 2 aromatic heterocycles. The molecule has 4 rings (SSSR count). The molecule has 3 heterocycles. The highest BCUT2D eigenvalue weighted by atomic mass is 35.5. The average Bonchev–Trinajstić information content (AvgIpc) is 2.97. The molecule has 0 unspecified atom stereocenters. The normalized spacial score (nSPS) is 15.3. The van der Waals surface area contributed by atoms with E-state index < -0.39 is 0 Å². The van der Waals surface area contributed by atoms with E-state index in [2.05, 4.69) is 20.9 Å². The average molecular weight is 386 g/mol. The summed E-state index contributed by atoms with van der Waals surface area (Å²) in [6, 6.07) is 11.3. The van der Waals surface area contributed by atoms with E-state index in [9.17, 15) is 0 Å². The topological polar surface area (TPSA) is 61.2 Å². The minimum absolute atomic E-state index is 0.452. The molecule has 0 spiro atoms. The first-order chi connectivity index (χ1) is 12.6. The van der Waals surface area contributed by atoms with Crippen LogP contribution in [0, 0.1) is 16.2 Å². The van der Waals surface area contributed by atoms with Gasteiger partial charge in [-0.15, -0.1) is 0 Å². The van der Waals surface area contributed by atoms with Gasteiger partial charge in [0.2, 0.25) is 0 Å². The van der Waals surface area contributed by atoms with Crippen molar-refractivity contribution in [1.29, 1.82) is 5.26 Å². The summed E-state index contributed by atoms with van der Waals surface area (Å²) in [5.41, 5.74) is 2.29. The van der Waals surface area contributed by atoms with Gasteiger partial charge in [-0.2, -0.15) is 5.26 Å². The summed E-state index contributed by atoms with van der Waals surface area (Å²) in [6.07, 6.45) is 1.68. The third-order valence-corrected chi connectivity index (χ3v) is 5.08. The molecule has 1 fully saturated rings. The van der Waals surface area contributed by atoms with Gasteiger partial charge in [0.15, 0.2) is 5.58 Å². The number of halogens is 1. The van der Waals surface area contributed by atoms with Crippen LogP contribution in [0.1, 0.15) is 5.56 Å². The fraction of sp³-hybridized carbons (Fsp3) is 0.278. The van der Waals surface area contributed by atoms with Crippen LogP contribution in [-0.4, -0.2) is 40.6 Å². The zero-order valence-electron chi connectivity index (χ0n) is 13.9. The lowest BCUT2D eigenvalue weighted by Crippen LogP contribution is -2.47. The lowest BCUT2D eigenvalue weighted by molar-refractivity contribution is 0.204. The summed E-state index contributed by atoms with van der Waals surface area (Å²) in [5.74, 6) is 0.851. The third-order valence-electron chi connectivity index (χ3n) is 4.54. The van der Waals surface area contributed by atoms with E-state index in [1.54, 1.807) is 18.3 Å². The Labute approximate surface area is 160 Å². The molecule has 0 radical (unpaired) electrons. The Morgan fingerprint density at radius 1 is 1.19 bits per heavy atom. The molecule has 1 aromatic carbocycles. The van der Waals surface area contributed by atoms with Crippen molar-refractivity contribution < 1.29 is 4.42 Å².